The summed E-state index contributed by atoms with van der Waals surface area (Å²) < 4.78 is 15.9. The number of hydrogen-bond donors (Lipinski definition) is 0. The van der Waals surface area contributed by atoms with E-state index in [2.05, 4.69) is 16.5 Å². The van der Waals surface area contributed by atoms with Gasteiger partial charge in [0.05, 0.1) is 17.3 Å². The Labute approximate surface area is 147 Å². The number of aromatic nitrogens is 2. The van der Waals surface area contributed by atoms with E-state index in [1.165, 1.54) is 36.1 Å². The minimum absolute atomic E-state index is 0.126. The maximum atomic E-state index is 13.6. The summed E-state index contributed by atoms with van der Waals surface area (Å²) in [5.41, 5.74) is 3.80. The van der Waals surface area contributed by atoms with Crippen molar-refractivity contribution >= 4 is 0 Å². The summed E-state index contributed by atoms with van der Waals surface area (Å²) in [5.74, 6) is 0.730. The van der Waals surface area contributed by atoms with Gasteiger partial charge in [0.2, 0.25) is 0 Å². The SMILES string of the molecule is Cn1c([C@H]2CCCN2Cc2ccc(F)c(C#N)c2)nc2c1CCCC2. The predicted octanol–water partition coefficient (Wildman–Crippen LogP) is 3.65. The van der Waals surface area contributed by atoms with Gasteiger partial charge in [-0.2, -0.15) is 5.26 Å². The molecule has 1 aromatic carbocycles. The lowest BCUT2D eigenvalue weighted by atomic mass is 10.0. The first-order valence-corrected chi connectivity index (χ1v) is 9.14. The molecule has 0 spiro atoms. The highest BCUT2D eigenvalue weighted by molar-refractivity contribution is 5.34. The maximum Gasteiger partial charge on any atom is 0.140 e. The monoisotopic (exact) mass is 338 g/mol. The van der Waals surface area contributed by atoms with E-state index in [1.807, 2.05) is 6.07 Å². The molecule has 4 nitrogen and oxygen atoms in total. The number of halogens is 1. The van der Waals surface area contributed by atoms with Crippen LogP contribution in [0.15, 0.2) is 18.2 Å². The number of aryl methyl sites for hydroxylation is 1. The first-order chi connectivity index (χ1) is 12.2. The Morgan fingerprint density at radius 2 is 2.12 bits per heavy atom. The summed E-state index contributed by atoms with van der Waals surface area (Å²) in [4.78, 5) is 7.40. The van der Waals surface area contributed by atoms with E-state index < -0.39 is 5.82 Å². The Morgan fingerprint density at radius 3 is 2.92 bits per heavy atom. The number of likely N-dealkylation sites (tertiary alicyclic amines) is 1. The van der Waals surface area contributed by atoms with Crippen LogP contribution in [0.2, 0.25) is 0 Å². The van der Waals surface area contributed by atoms with Gasteiger partial charge in [0.15, 0.2) is 0 Å². The number of rotatable bonds is 3. The predicted molar refractivity (Wildman–Crippen MR) is 93.4 cm³/mol. The van der Waals surface area contributed by atoms with Crippen molar-refractivity contribution < 1.29 is 4.39 Å². The van der Waals surface area contributed by atoms with E-state index in [1.54, 1.807) is 12.1 Å². The van der Waals surface area contributed by atoms with Gasteiger partial charge in [0.25, 0.3) is 0 Å². The Morgan fingerprint density at radius 1 is 1.28 bits per heavy atom. The van der Waals surface area contributed by atoms with Gasteiger partial charge in [-0.1, -0.05) is 6.07 Å². The highest BCUT2D eigenvalue weighted by atomic mass is 19.1. The van der Waals surface area contributed by atoms with Crippen LogP contribution < -0.4 is 0 Å². The second-order valence-corrected chi connectivity index (χ2v) is 7.18. The number of fused-ring (bicyclic) bond motifs is 1. The van der Waals surface area contributed by atoms with Crippen LogP contribution in [0.3, 0.4) is 0 Å². The number of nitrogens with zero attached hydrogens (tertiary/aromatic N) is 4. The highest BCUT2D eigenvalue weighted by Gasteiger charge is 2.31. The van der Waals surface area contributed by atoms with Crippen molar-refractivity contribution in [2.45, 2.75) is 51.1 Å². The molecule has 1 aliphatic carbocycles. The molecule has 0 saturated carbocycles. The third-order valence-corrected chi connectivity index (χ3v) is 5.61. The fraction of sp³-hybridized carbons (Fsp3) is 0.500. The molecule has 1 aliphatic heterocycles. The average molecular weight is 338 g/mol. The first kappa shape index (κ1) is 16.3. The summed E-state index contributed by atoms with van der Waals surface area (Å²) in [5, 5.41) is 9.05. The number of hydrogen-bond acceptors (Lipinski definition) is 3. The van der Waals surface area contributed by atoms with E-state index in [9.17, 15) is 4.39 Å². The molecule has 0 N–H and O–H groups in total. The van der Waals surface area contributed by atoms with E-state index >= 15 is 0 Å². The molecule has 1 aromatic heterocycles. The zero-order valence-electron chi connectivity index (χ0n) is 14.6. The third-order valence-electron chi connectivity index (χ3n) is 5.61. The van der Waals surface area contributed by atoms with Crippen molar-refractivity contribution in [2.75, 3.05) is 6.54 Å². The topological polar surface area (TPSA) is 44.9 Å². The van der Waals surface area contributed by atoms with Crippen LogP contribution in [-0.4, -0.2) is 21.0 Å². The molecule has 25 heavy (non-hydrogen) atoms. The molecule has 0 amide bonds. The Balaban J connectivity index is 1.59. The molecular weight excluding hydrogens is 315 g/mol. The van der Waals surface area contributed by atoms with Crippen LogP contribution in [0.5, 0.6) is 0 Å². The van der Waals surface area contributed by atoms with Gasteiger partial charge in [0.1, 0.15) is 17.7 Å². The van der Waals surface area contributed by atoms with Crippen molar-refractivity contribution in [1.82, 2.24) is 14.5 Å². The van der Waals surface area contributed by atoms with Crippen molar-refractivity contribution in [3.8, 4) is 6.07 Å². The maximum absolute atomic E-state index is 13.6. The smallest absolute Gasteiger partial charge is 0.140 e. The molecule has 1 saturated heterocycles. The number of benzene rings is 1. The molecule has 4 rings (SSSR count). The van der Waals surface area contributed by atoms with Crippen LogP contribution in [0.25, 0.3) is 0 Å². The minimum Gasteiger partial charge on any atom is -0.334 e. The molecule has 2 aromatic rings. The number of nitriles is 1. The van der Waals surface area contributed by atoms with Gasteiger partial charge in [-0.3, -0.25) is 4.90 Å². The van der Waals surface area contributed by atoms with E-state index in [0.717, 1.165) is 44.3 Å². The molecule has 2 aliphatic rings. The molecule has 0 radical (unpaired) electrons. The second-order valence-electron chi connectivity index (χ2n) is 7.18. The second kappa shape index (κ2) is 6.61. The summed E-state index contributed by atoms with van der Waals surface area (Å²) in [6.07, 6.45) is 6.98. The summed E-state index contributed by atoms with van der Waals surface area (Å²) >= 11 is 0. The molecule has 1 atom stereocenters. The van der Waals surface area contributed by atoms with Crippen molar-refractivity contribution in [1.29, 1.82) is 5.26 Å². The fourth-order valence-electron chi connectivity index (χ4n) is 4.30. The van der Waals surface area contributed by atoms with Gasteiger partial charge in [-0.05, 0) is 62.8 Å². The van der Waals surface area contributed by atoms with E-state index in [-0.39, 0.29) is 5.56 Å². The normalized spacial score (nSPS) is 20.4. The lowest BCUT2D eigenvalue weighted by Crippen LogP contribution is -2.25. The van der Waals surface area contributed by atoms with Crippen molar-refractivity contribution in [3.05, 3.63) is 52.4 Å². The lowest BCUT2D eigenvalue weighted by Gasteiger charge is -2.24. The van der Waals surface area contributed by atoms with Crippen molar-refractivity contribution in [3.63, 3.8) is 0 Å². The first-order valence-electron chi connectivity index (χ1n) is 9.14. The van der Waals surface area contributed by atoms with Gasteiger partial charge in [-0.15, -0.1) is 0 Å². The van der Waals surface area contributed by atoms with Crippen LogP contribution in [-0.2, 0) is 26.4 Å². The molecule has 5 heteroatoms. The quantitative estimate of drug-likeness (QED) is 0.858. The molecule has 2 heterocycles. The van der Waals surface area contributed by atoms with Gasteiger partial charge in [-0.25, -0.2) is 9.37 Å². The lowest BCUT2D eigenvalue weighted by molar-refractivity contribution is 0.236. The Hall–Kier alpha value is -2.19. The molecule has 130 valence electrons. The van der Waals surface area contributed by atoms with Gasteiger partial charge < -0.3 is 4.57 Å². The summed E-state index contributed by atoms with van der Waals surface area (Å²) in [7, 11) is 2.15. The molecular formula is C20H23FN4. The van der Waals surface area contributed by atoms with Crippen LogP contribution in [0.1, 0.15) is 60.1 Å². The van der Waals surface area contributed by atoms with Gasteiger partial charge >= 0.3 is 0 Å². The standard InChI is InChI=1S/C20H23FN4/c1-24-18-6-3-2-5-17(18)23-20(24)19-7-4-10-25(19)13-14-8-9-16(21)15(11-14)12-22/h8-9,11,19H,2-7,10,13H2,1H3/t19-/m1/s1. The van der Waals surface area contributed by atoms with Crippen molar-refractivity contribution in [2.24, 2.45) is 7.05 Å². The molecule has 0 bridgehead atoms. The van der Waals surface area contributed by atoms with Gasteiger partial charge in [0, 0.05) is 19.3 Å². The highest BCUT2D eigenvalue weighted by Crippen LogP contribution is 2.34. The zero-order valence-corrected chi connectivity index (χ0v) is 14.6. The minimum atomic E-state index is -0.444. The van der Waals surface area contributed by atoms with E-state index in [4.69, 9.17) is 10.2 Å². The Kier molecular flexibility index (Phi) is 4.30. The molecule has 0 unspecified atom stereocenters. The summed E-state index contributed by atoms with van der Waals surface area (Å²) in [6, 6.07) is 7.11. The number of imidazole rings is 1. The van der Waals surface area contributed by atoms with Crippen LogP contribution in [0, 0.1) is 17.1 Å². The third kappa shape index (κ3) is 2.96. The average Bonchev–Trinajstić information content (AvgIpc) is 3.21. The largest absolute Gasteiger partial charge is 0.334 e. The zero-order chi connectivity index (χ0) is 17.4. The van der Waals surface area contributed by atoms with Crippen LogP contribution >= 0.6 is 0 Å². The Bertz CT molecular complexity index is 833. The van der Waals surface area contributed by atoms with E-state index in [0.29, 0.717) is 6.04 Å². The van der Waals surface area contributed by atoms with Crippen LogP contribution in [0.4, 0.5) is 4.39 Å². The molecule has 1 fully saturated rings. The fourth-order valence-corrected chi connectivity index (χ4v) is 4.30. The summed E-state index contributed by atoms with van der Waals surface area (Å²) in [6.45, 7) is 1.75.